The molecule has 1 aliphatic heterocycles. The van der Waals surface area contributed by atoms with Crippen LogP contribution in [-0.4, -0.2) is 35.9 Å². The Hall–Kier alpha value is -3.98. The van der Waals surface area contributed by atoms with Gasteiger partial charge in [-0.2, -0.15) is 0 Å². The topological polar surface area (TPSA) is 113 Å². The number of hydrogen-bond acceptors (Lipinski definition) is 5. The number of hydrogen-bond donors (Lipinski definition) is 2. The lowest BCUT2D eigenvalue weighted by Gasteiger charge is -2.14. The average Bonchev–Trinajstić information content (AvgIpc) is 3.04. The molecule has 0 aliphatic carbocycles. The number of carbonyl (C=O) groups excluding carboxylic acids is 3. The van der Waals surface area contributed by atoms with E-state index in [2.05, 4.69) is 21.2 Å². The lowest BCUT2D eigenvalue weighted by Crippen LogP contribution is -2.29. The highest BCUT2D eigenvalue weighted by atomic mass is 79.9. The average molecular weight is 495 g/mol. The Morgan fingerprint density at radius 3 is 2.44 bits per heavy atom. The molecule has 3 amide bonds. The third-order valence-corrected chi connectivity index (χ3v) is 5.41. The molecule has 8 nitrogen and oxygen atoms in total. The molecule has 0 saturated carbocycles. The number of halogens is 1. The molecule has 0 bridgehead atoms. The lowest BCUT2D eigenvalue weighted by molar-refractivity contribution is 0.0697. The zero-order valence-corrected chi connectivity index (χ0v) is 18.2. The van der Waals surface area contributed by atoms with Gasteiger partial charge in [0.25, 0.3) is 17.7 Å². The SMILES string of the molecule is COc1cccc(N2C(=O)c3ccc(C(=O)Nc4ccc(Br)cc4C(=O)O)cc3C2=O)c1. The lowest BCUT2D eigenvalue weighted by atomic mass is 10.0. The fraction of sp³-hybridized carbons (Fsp3) is 0.0435. The van der Waals surface area contributed by atoms with Crippen LogP contribution in [0.3, 0.4) is 0 Å². The van der Waals surface area contributed by atoms with Gasteiger partial charge < -0.3 is 15.2 Å². The number of carbonyl (C=O) groups is 4. The molecule has 0 aromatic heterocycles. The maximum absolute atomic E-state index is 13.0. The first-order valence-corrected chi connectivity index (χ1v) is 10.1. The van der Waals surface area contributed by atoms with Gasteiger partial charge in [-0.25, -0.2) is 9.69 Å². The fourth-order valence-electron chi connectivity index (χ4n) is 3.36. The van der Waals surface area contributed by atoms with E-state index in [0.29, 0.717) is 15.9 Å². The molecule has 4 rings (SSSR count). The third kappa shape index (κ3) is 3.74. The first kappa shape index (κ1) is 21.3. The normalized spacial score (nSPS) is 12.5. The highest BCUT2D eigenvalue weighted by Gasteiger charge is 2.37. The molecular formula is C23H15BrN2O6. The molecule has 0 spiro atoms. The van der Waals surface area contributed by atoms with E-state index in [0.717, 1.165) is 4.90 Å². The number of nitrogens with one attached hydrogen (secondary N) is 1. The van der Waals surface area contributed by atoms with Crippen LogP contribution in [0, 0.1) is 0 Å². The van der Waals surface area contributed by atoms with Gasteiger partial charge in [-0.3, -0.25) is 14.4 Å². The molecule has 0 radical (unpaired) electrons. The minimum absolute atomic E-state index is 0.0831. The summed E-state index contributed by atoms with van der Waals surface area (Å²) in [6.07, 6.45) is 0. The Morgan fingerprint density at radius 2 is 1.72 bits per heavy atom. The van der Waals surface area contributed by atoms with Crippen molar-refractivity contribution in [2.45, 2.75) is 0 Å². The molecule has 9 heteroatoms. The Bertz CT molecular complexity index is 1300. The van der Waals surface area contributed by atoms with Crippen molar-refractivity contribution in [1.82, 2.24) is 0 Å². The highest BCUT2D eigenvalue weighted by Crippen LogP contribution is 2.31. The van der Waals surface area contributed by atoms with Crippen LogP contribution >= 0.6 is 15.9 Å². The molecule has 0 fully saturated rings. The standard InChI is InChI=1S/C23H15BrN2O6/c1-32-15-4-2-3-14(11-15)26-21(28)16-7-5-12(9-17(16)22(26)29)20(27)25-19-8-6-13(24)10-18(19)23(30)31/h2-11H,1H3,(H,25,27)(H,30,31). The number of benzene rings is 3. The van der Waals surface area contributed by atoms with Crippen molar-refractivity contribution < 1.29 is 29.0 Å². The summed E-state index contributed by atoms with van der Waals surface area (Å²) in [6.45, 7) is 0. The Morgan fingerprint density at radius 1 is 0.969 bits per heavy atom. The number of methoxy groups -OCH3 is 1. The number of carboxylic acids is 1. The monoisotopic (exact) mass is 494 g/mol. The molecule has 0 unspecified atom stereocenters. The largest absolute Gasteiger partial charge is 0.497 e. The maximum Gasteiger partial charge on any atom is 0.337 e. The van der Waals surface area contributed by atoms with Gasteiger partial charge in [-0.15, -0.1) is 0 Å². The van der Waals surface area contributed by atoms with E-state index >= 15 is 0 Å². The number of nitrogens with zero attached hydrogens (tertiary/aromatic N) is 1. The predicted octanol–water partition coefficient (Wildman–Crippen LogP) is 4.21. The van der Waals surface area contributed by atoms with Crippen molar-refractivity contribution in [3.05, 3.63) is 87.4 Å². The number of ether oxygens (including phenoxy) is 1. The van der Waals surface area contributed by atoms with Crippen LogP contribution in [0.4, 0.5) is 11.4 Å². The van der Waals surface area contributed by atoms with E-state index in [4.69, 9.17) is 4.74 Å². The van der Waals surface area contributed by atoms with E-state index in [1.807, 2.05) is 0 Å². The van der Waals surface area contributed by atoms with Gasteiger partial charge in [-0.1, -0.05) is 22.0 Å². The van der Waals surface area contributed by atoms with Crippen LogP contribution < -0.4 is 15.0 Å². The van der Waals surface area contributed by atoms with Crippen LogP contribution in [0.25, 0.3) is 0 Å². The molecule has 1 aliphatic rings. The summed E-state index contributed by atoms with van der Waals surface area (Å²) in [7, 11) is 1.48. The first-order valence-electron chi connectivity index (χ1n) is 9.31. The van der Waals surface area contributed by atoms with Crippen LogP contribution in [0.15, 0.2) is 65.1 Å². The molecule has 1 heterocycles. The molecule has 0 atom stereocenters. The number of imide groups is 1. The van der Waals surface area contributed by atoms with Crippen molar-refractivity contribution in [3.8, 4) is 5.75 Å². The number of amides is 3. The smallest absolute Gasteiger partial charge is 0.337 e. The van der Waals surface area contributed by atoms with E-state index in [1.165, 1.54) is 37.4 Å². The molecule has 0 saturated heterocycles. The summed E-state index contributed by atoms with van der Waals surface area (Å²) in [5.74, 6) is -2.40. The highest BCUT2D eigenvalue weighted by molar-refractivity contribution is 9.10. The molecular weight excluding hydrogens is 480 g/mol. The molecule has 160 valence electrons. The Labute approximate surface area is 190 Å². The van der Waals surface area contributed by atoms with Gasteiger partial charge >= 0.3 is 5.97 Å². The fourth-order valence-corrected chi connectivity index (χ4v) is 3.72. The van der Waals surface area contributed by atoms with E-state index in [-0.39, 0.29) is 27.9 Å². The quantitative estimate of drug-likeness (QED) is 0.513. The molecule has 3 aromatic rings. The summed E-state index contributed by atoms with van der Waals surface area (Å²) in [4.78, 5) is 51.0. The number of rotatable bonds is 5. The minimum atomic E-state index is -1.20. The van der Waals surface area contributed by atoms with Crippen molar-refractivity contribution >= 4 is 51.0 Å². The Kier molecular flexibility index (Phi) is 5.50. The summed E-state index contributed by atoms with van der Waals surface area (Å²) in [5.41, 5.74) is 0.721. The van der Waals surface area contributed by atoms with Gasteiger partial charge in [0, 0.05) is 16.1 Å². The number of carboxylic acid groups (broad SMARTS) is 1. The number of aromatic carboxylic acids is 1. The van der Waals surface area contributed by atoms with Crippen molar-refractivity contribution in [2.75, 3.05) is 17.3 Å². The zero-order valence-electron chi connectivity index (χ0n) is 16.6. The third-order valence-electron chi connectivity index (χ3n) is 4.92. The van der Waals surface area contributed by atoms with Gasteiger partial charge in [0.1, 0.15) is 5.75 Å². The second kappa shape index (κ2) is 8.27. The zero-order chi connectivity index (χ0) is 23.0. The van der Waals surface area contributed by atoms with Gasteiger partial charge in [0.05, 0.1) is 35.2 Å². The van der Waals surface area contributed by atoms with Gasteiger partial charge in [0.2, 0.25) is 0 Å². The van der Waals surface area contributed by atoms with Crippen LogP contribution in [0.5, 0.6) is 5.75 Å². The number of fused-ring (bicyclic) bond motifs is 1. The summed E-state index contributed by atoms with van der Waals surface area (Å²) >= 11 is 3.20. The van der Waals surface area contributed by atoms with Crippen molar-refractivity contribution in [2.24, 2.45) is 0 Å². The van der Waals surface area contributed by atoms with Crippen molar-refractivity contribution in [1.29, 1.82) is 0 Å². The van der Waals surface area contributed by atoms with Gasteiger partial charge in [0.15, 0.2) is 0 Å². The summed E-state index contributed by atoms with van der Waals surface area (Å²) in [6, 6.07) is 15.1. The summed E-state index contributed by atoms with van der Waals surface area (Å²) in [5, 5.41) is 11.9. The van der Waals surface area contributed by atoms with E-state index in [9.17, 15) is 24.3 Å². The second-order valence-corrected chi connectivity index (χ2v) is 7.77. The van der Waals surface area contributed by atoms with Crippen molar-refractivity contribution in [3.63, 3.8) is 0 Å². The van der Waals surface area contributed by atoms with E-state index in [1.54, 1.807) is 30.3 Å². The Balaban J connectivity index is 1.64. The first-order chi connectivity index (χ1) is 15.3. The van der Waals surface area contributed by atoms with E-state index < -0.39 is 23.7 Å². The summed E-state index contributed by atoms with van der Waals surface area (Å²) < 4.78 is 5.70. The van der Waals surface area contributed by atoms with Crippen LogP contribution in [0.1, 0.15) is 41.4 Å². The van der Waals surface area contributed by atoms with Crippen LogP contribution in [0.2, 0.25) is 0 Å². The molecule has 2 N–H and O–H groups in total. The number of anilines is 2. The predicted molar refractivity (Wildman–Crippen MR) is 120 cm³/mol. The maximum atomic E-state index is 13.0. The van der Waals surface area contributed by atoms with Gasteiger partial charge in [-0.05, 0) is 48.5 Å². The minimum Gasteiger partial charge on any atom is -0.497 e. The second-order valence-electron chi connectivity index (χ2n) is 6.86. The van der Waals surface area contributed by atoms with Crippen LogP contribution in [-0.2, 0) is 0 Å². The molecule has 3 aromatic carbocycles. The molecule has 32 heavy (non-hydrogen) atoms.